The van der Waals surface area contributed by atoms with Gasteiger partial charge in [0.25, 0.3) is 0 Å². The molecule has 0 spiro atoms. The van der Waals surface area contributed by atoms with Gasteiger partial charge in [0.2, 0.25) is 0 Å². The summed E-state index contributed by atoms with van der Waals surface area (Å²) in [5, 5.41) is 8.97. The van der Waals surface area contributed by atoms with E-state index < -0.39 is 23.4 Å². The van der Waals surface area contributed by atoms with Crippen LogP contribution in [-0.2, 0) is 11.2 Å². The van der Waals surface area contributed by atoms with Crippen molar-refractivity contribution in [1.29, 1.82) is 0 Å². The second kappa shape index (κ2) is 6.52. The number of halogens is 3. The summed E-state index contributed by atoms with van der Waals surface area (Å²) in [6.07, 6.45) is 0.950. The third kappa shape index (κ3) is 3.14. The van der Waals surface area contributed by atoms with Gasteiger partial charge in [0.1, 0.15) is 0 Å². The normalized spacial score (nSPS) is 15.7. The molecule has 25 heavy (non-hydrogen) atoms. The lowest BCUT2D eigenvalue weighted by Gasteiger charge is -2.41. The van der Waals surface area contributed by atoms with Gasteiger partial charge < -0.3 is 9.84 Å². The van der Waals surface area contributed by atoms with Crippen LogP contribution in [0.1, 0.15) is 29.3 Å². The van der Waals surface area contributed by atoms with Crippen LogP contribution in [0.25, 0.3) is 11.1 Å². The Balaban J connectivity index is 2.10. The summed E-state index contributed by atoms with van der Waals surface area (Å²) in [6, 6.07) is 6.60. The van der Waals surface area contributed by atoms with Gasteiger partial charge in [-0.3, -0.25) is 0 Å². The fourth-order valence-corrected chi connectivity index (χ4v) is 3.05. The van der Waals surface area contributed by atoms with Crippen molar-refractivity contribution < 1.29 is 27.8 Å². The van der Waals surface area contributed by atoms with Gasteiger partial charge >= 0.3 is 5.97 Å². The molecule has 0 aromatic heterocycles. The lowest BCUT2D eigenvalue weighted by atomic mass is 9.76. The number of carboxylic acids is 1. The van der Waals surface area contributed by atoms with E-state index in [1.165, 1.54) is 24.3 Å². The first-order chi connectivity index (χ1) is 11.9. The first-order valence-corrected chi connectivity index (χ1v) is 7.95. The van der Waals surface area contributed by atoms with Crippen LogP contribution in [-0.4, -0.2) is 24.3 Å². The van der Waals surface area contributed by atoms with Crippen molar-refractivity contribution in [2.45, 2.75) is 19.8 Å². The van der Waals surface area contributed by atoms with Gasteiger partial charge in [0.15, 0.2) is 17.5 Å². The number of benzene rings is 2. The predicted octanol–water partition coefficient (Wildman–Crippen LogP) is 4.44. The zero-order valence-corrected chi connectivity index (χ0v) is 13.6. The first kappa shape index (κ1) is 17.5. The minimum Gasteiger partial charge on any atom is -0.478 e. The molecule has 1 aliphatic heterocycles. The maximum atomic E-state index is 14.5. The van der Waals surface area contributed by atoms with E-state index in [1.807, 2.05) is 6.92 Å². The van der Waals surface area contributed by atoms with E-state index in [4.69, 9.17) is 9.84 Å². The van der Waals surface area contributed by atoms with E-state index in [2.05, 4.69) is 0 Å². The molecule has 1 aliphatic rings. The number of carboxylic acid groups (broad SMARTS) is 1. The molecule has 1 saturated heterocycles. The molecular formula is C19H17F3O3. The second-order valence-electron chi connectivity index (χ2n) is 6.42. The van der Waals surface area contributed by atoms with E-state index in [1.54, 1.807) is 0 Å². The summed E-state index contributed by atoms with van der Waals surface area (Å²) in [6.45, 7) is 2.83. The van der Waals surface area contributed by atoms with Crippen LogP contribution < -0.4 is 0 Å². The highest BCUT2D eigenvalue weighted by molar-refractivity contribution is 5.88. The molecule has 0 radical (unpaired) electrons. The Morgan fingerprint density at radius 2 is 1.80 bits per heavy atom. The van der Waals surface area contributed by atoms with Crippen molar-refractivity contribution in [1.82, 2.24) is 0 Å². The van der Waals surface area contributed by atoms with Crippen LogP contribution in [0, 0.1) is 22.9 Å². The molecule has 0 amide bonds. The summed E-state index contributed by atoms with van der Waals surface area (Å²) >= 11 is 0. The summed E-state index contributed by atoms with van der Waals surface area (Å²) in [4.78, 5) is 11.0. The average molecular weight is 350 g/mol. The minimum absolute atomic E-state index is 0.0609. The molecule has 0 saturated carbocycles. The highest BCUT2D eigenvalue weighted by atomic mass is 19.2. The maximum Gasteiger partial charge on any atom is 0.335 e. The fourth-order valence-electron chi connectivity index (χ4n) is 3.05. The second-order valence-corrected chi connectivity index (χ2v) is 6.42. The Bertz CT molecular complexity index is 806. The van der Waals surface area contributed by atoms with E-state index in [9.17, 15) is 18.0 Å². The van der Waals surface area contributed by atoms with Crippen LogP contribution in [0.3, 0.4) is 0 Å². The molecule has 2 aromatic rings. The SMILES string of the molecule is CCC1(Cc2c(-c3ccc(C(=O)O)cc3)cc(F)c(F)c2F)COC1. The standard InChI is InChI=1S/C19H17F3O3/c1-2-19(9-25-10-19)8-14-13(7-15(20)17(22)16(14)21)11-3-5-12(6-4-11)18(23)24/h3-7H,2,8-10H2,1H3,(H,23,24). The van der Waals surface area contributed by atoms with Crippen molar-refractivity contribution in [2.24, 2.45) is 5.41 Å². The third-order valence-corrected chi connectivity index (χ3v) is 4.82. The van der Waals surface area contributed by atoms with Gasteiger partial charge in [-0.1, -0.05) is 19.1 Å². The number of rotatable bonds is 5. The molecule has 3 nitrogen and oxygen atoms in total. The van der Waals surface area contributed by atoms with Gasteiger partial charge in [-0.05, 0) is 47.7 Å². The van der Waals surface area contributed by atoms with Crippen molar-refractivity contribution >= 4 is 5.97 Å². The Hall–Kier alpha value is -2.34. The van der Waals surface area contributed by atoms with Crippen LogP contribution in [0.15, 0.2) is 30.3 Å². The molecule has 0 bridgehead atoms. The van der Waals surface area contributed by atoms with Crippen LogP contribution in [0.5, 0.6) is 0 Å². The van der Waals surface area contributed by atoms with Crippen molar-refractivity contribution in [3.8, 4) is 11.1 Å². The highest BCUT2D eigenvalue weighted by Crippen LogP contribution is 2.39. The highest BCUT2D eigenvalue weighted by Gasteiger charge is 2.39. The Morgan fingerprint density at radius 3 is 2.28 bits per heavy atom. The number of hydrogen-bond acceptors (Lipinski definition) is 2. The fraction of sp³-hybridized carbons (Fsp3) is 0.316. The van der Waals surface area contributed by atoms with E-state index in [-0.39, 0.29) is 28.5 Å². The van der Waals surface area contributed by atoms with E-state index in [0.29, 0.717) is 18.8 Å². The largest absolute Gasteiger partial charge is 0.478 e. The molecule has 1 fully saturated rings. The Labute approximate surface area is 143 Å². The number of ether oxygens (including phenoxy) is 1. The first-order valence-electron chi connectivity index (χ1n) is 7.95. The van der Waals surface area contributed by atoms with Gasteiger partial charge in [-0.25, -0.2) is 18.0 Å². The maximum absolute atomic E-state index is 14.5. The summed E-state index contributed by atoms with van der Waals surface area (Å²) in [5.74, 6) is -5.06. The minimum atomic E-state index is -1.49. The molecule has 2 aromatic carbocycles. The van der Waals surface area contributed by atoms with Gasteiger partial charge in [0.05, 0.1) is 18.8 Å². The molecular weight excluding hydrogens is 333 g/mol. The molecule has 1 heterocycles. The zero-order chi connectivity index (χ0) is 18.2. The van der Waals surface area contributed by atoms with Crippen LogP contribution in [0.2, 0.25) is 0 Å². The van der Waals surface area contributed by atoms with Crippen molar-refractivity contribution in [3.63, 3.8) is 0 Å². The summed E-state index contributed by atoms with van der Waals surface area (Å²) in [7, 11) is 0. The van der Waals surface area contributed by atoms with E-state index >= 15 is 0 Å². The topological polar surface area (TPSA) is 46.5 Å². The summed E-state index contributed by atoms with van der Waals surface area (Å²) < 4.78 is 47.3. The van der Waals surface area contributed by atoms with Gasteiger partial charge in [-0.2, -0.15) is 0 Å². The monoisotopic (exact) mass is 350 g/mol. The molecule has 1 N–H and O–H groups in total. The van der Waals surface area contributed by atoms with Crippen LogP contribution in [0.4, 0.5) is 13.2 Å². The summed E-state index contributed by atoms with van der Waals surface area (Å²) in [5.41, 5.74) is 0.524. The van der Waals surface area contributed by atoms with Gasteiger partial charge in [-0.15, -0.1) is 0 Å². The molecule has 6 heteroatoms. The molecule has 0 unspecified atom stereocenters. The quantitative estimate of drug-likeness (QED) is 0.811. The molecule has 3 rings (SSSR count). The molecule has 0 atom stereocenters. The van der Waals surface area contributed by atoms with Crippen LogP contribution >= 0.6 is 0 Å². The molecule has 132 valence electrons. The zero-order valence-electron chi connectivity index (χ0n) is 13.6. The average Bonchev–Trinajstić information content (AvgIpc) is 2.57. The van der Waals surface area contributed by atoms with E-state index in [0.717, 1.165) is 12.5 Å². The smallest absolute Gasteiger partial charge is 0.335 e. The number of hydrogen-bond donors (Lipinski definition) is 1. The third-order valence-electron chi connectivity index (χ3n) is 4.82. The molecule has 0 aliphatic carbocycles. The Kier molecular flexibility index (Phi) is 4.56. The van der Waals surface area contributed by atoms with Crippen molar-refractivity contribution in [3.05, 3.63) is 58.9 Å². The lowest BCUT2D eigenvalue weighted by Crippen LogP contribution is -2.44. The Morgan fingerprint density at radius 1 is 1.16 bits per heavy atom. The number of carbonyl (C=O) groups is 1. The number of aromatic carboxylic acids is 1. The van der Waals surface area contributed by atoms with Gasteiger partial charge in [0, 0.05) is 5.41 Å². The predicted molar refractivity (Wildman–Crippen MR) is 86.0 cm³/mol. The lowest BCUT2D eigenvalue weighted by molar-refractivity contribution is -0.114. The van der Waals surface area contributed by atoms with Crippen molar-refractivity contribution in [2.75, 3.05) is 13.2 Å².